The van der Waals surface area contributed by atoms with Crippen LogP contribution in [0.2, 0.25) is 0 Å². The number of carbonyl (C=O) groups is 1. The molecule has 2 N–H and O–H groups in total. The molecule has 28 heavy (non-hydrogen) atoms. The third-order valence-corrected chi connectivity index (χ3v) is 5.10. The Morgan fingerprint density at radius 2 is 2.25 bits per heavy atom. The number of nitrogens with zero attached hydrogens (tertiary/aromatic N) is 4. The zero-order chi connectivity index (χ0) is 20.1. The maximum atomic E-state index is 12.6. The fourth-order valence-electron chi connectivity index (χ4n) is 3.95. The van der Waals surface area contributed by atoms with Gasteiger partial charge in [-0.1, -0.05) is 0 Å². The topological polar surface area (TPSA) is 87.0 Å². The maximum absolute atomic E-state index is 12.6. The van der Waals surface area contributed by atoms with Crippen LogP contribution in [-0.2, 0) is 4.79 Å². The van der Waals surface area contributed by atoms with E-state index >= 15 is 0 Å². The second-order valence-electron chi connectivity index (χ2n) is 7.18. The predicted octanol–water partition coefficient (Wildman–Crippen LogP) is 3.08. The van der Waals surface area contributed by atoms with Crippen molar-refractivity contribution in [3.63, 3.8) is 0 Å². The summed E-state index contributed by atoms with van der Waals surface area (Å²) in [6, 6.07) is 1.57. The number of amides is 1. The van der Waals surface area contributed by atoms with E-state index in [0.717, 1.165) is 10.9 Å². The number of piperidine rings is 1. The van der Waals surface area contributed by atoms with E-state index in [1.54, 1.807) is 19.3 Å². The first-order valence-electron chi connectivity index (χ1n) is 9.11. The maximum Gasteiger partial charge on any atom is 0.397 e. The first-order chi connectivity index (χ1) is 13.2. The number of pyridine rings is 1. The Labute approximate surface area is 158 Å². The number of fused-ring (bicyclic) bond motifs is 3. The van der Waals surface area contributed by atoms with Gasteiger partial charge in [0.25, 0.3) is 0 Å². The Morgan fingerprint density at radius 3 is 2.96 bits per heavy atom. The molecule has 1 fully saturated rings. The van der Waals surface area contributed by atoms with Crippen LogP contribution in [0.15, 0.2) is 18.5 Å². The second kappa shape index (κ2) is 6.77. The van der Waals surface area contributed by atoms with Crippen molar-refractivity contribution in [2.45, 2.75) is 44.5 Å². The minimum atomic E-state index is -4.53. The van der Waals surface area contributed by atoms with Crippen molar-refractivity contribution in [3.8, 4) is 0 Å². The summed E-state index contributed by atoms with van der Waals surface area (Å²) < 4.78 is 39.8. The average Bonchev–Trinajstić information content (AvgIpc) is 3.24. The van der Waals surface area contributed by atoms with Crippen LogP contribution in [0, 0.1) is 0 Å². The molecule has 1 aliphatic heterocycles. The third kappa shape index (κ3) is 3.32. The van der Waals surface area contributed by atoms with E-state index in [1.165, 1.54) is 4.90 Å². The molecule has 0 radical (unpaired) electrons. The monoisotopic (exact) mass is 395 g/mol. The van der Waals surface area contributed by atoms with Gasteiger partial charge in [-0.3, -0.25) is 4.79 Å². The van der Waals surface area contributed by atoms with Gasteiger partial charge in [-0.2, -0.15) is 13.2 Å². The molecule has 0 aliphatic carbocycles. The van der Waals surface area contributed by atoms with Gasteiger partial charge in [0.1, 0.15) is 29.5 Å². The van der Waals surface area contributed by atoms with Crippen LogP contribution >= 0.6 is 0 Å². The van der Waals surface area contributed by atoms with Crippen LogP contribution in [0.1, 0.15) is 44.2 Å². The zero-order valence-electron chi connectivity index (χ0n) is 15.2. The molecular weight excluding hydrogens is 375 g/mol. The number of aliphatic hydroxyl groups is 1. The van der Waals surface area contributed by atoms with Crippen LogP contribution in [0.25, 0.3) is 22.1 Å². The molecule has 10 heteroatoms. The summed E-state index contributed by atoms with van der Waals surface area (Å²) in [4.78, 5) is 25.2. The Hall–Kier alpha value is -2.62. The number of hydrogen-bond donors (Lipinski definition) is 2. The largest absolute Gasteiger partial charge is 0.397 e. The quantitative estimate of drug-likeness (QED) is 0.714. The Balaban J connectivity index is 1.76. The number of aromatic amines is 1. The van der Waals surface area contributed by atoms with E-state index in [4.69, 9.17) is 0 Å². The molecule has 0 unspecified atom stereocenters. The van der Waals surface area contributed by atoms with Gasteiger partial charge in [0.15, 0.2) is 0 Å². The van der Waals surface area contributed by atoms with Crippen LogP contribution in [0.3, 0.4) is 0 Å². The minimum absolute atomic E-state index is 0.147. The van der Waals surface area contributed by atoms with Crippen LogP contribution in [0.4, 0.5) is 13.2 Å². The molecule has 4 heterocycles. The van der Waals surface area contributed by atoms with Gasteiger partial charge in [-0.05, 0) is 25.8 Å². The number of halogens is 3. The first kappa shape index (κ1) is 18.7. The highest BCUT2D eigenvalue weighted by Crippen LogP contribution is 2.34. The molecule has 0 bridgehead atoms. The van der Waals surface area contributed by atoms with Gasteiger partial charge in [0.05, 0.1) is 17.8 Å². The lowest BCUT2D eigenvalue weighted by atomic mass is 10.0. The number of aromatic nitrogens is 4. The molecule has 0 aromatic carbocycles. The lowest BCUT2D eigenvalue weighted by Crippen LogP contribution is -2.42. The molecule has 1 amide bonds. The number of rotatable bonds is 3. The zero-order valence-corrected chi connectivity index (χ0v) is 15.2. The number of hydrogen-bond acceptors (Lipinski definition) is 4. The Kier molecular flexibility index (Phi) is 4.53. The highest BCUT2D eigenvalue weighted by atomic mass is 19.4. The van der Waals surface area contributed by atoms with Crippen LogP contribution < -0.4 is 0 Å². The van der Waals surface area contributed by atoms with Crippen molar-refractivity contribution in [2.24, 2.45) is 0 Å². The van der Waals surface area contributed by atoms with Crippen molar-refractivity contribution < 1.29 is 23.1 Å². The lowest BCUT2D eigenvalue weighted by Gasteiger charge is -2.35. The molecule has 150 valence electrons. The summed E-state index contributed by atoms with van der Waals surface area (Å²) in [5.41, 5.74) is 2.02. The third-order valence-electron chi connectivity index (χ3n) is 5.10. The number of alkyl halides is 3. The van der Waals surface area contributed by atoms with Gasteiger partial charge >= 0.3 is 6.18 Å². The molecule has 7 nitrogen and oxygen atoms in total. The highest BCUT2D eigenvalue weighted by Gasteiger charge is 2.36. The number of aliphatic hydroxyl groups excluding tert-OH is 1. The smallest absolute Gasteiger partial charge is 0.385 e. The number of nitrogens with one attached hydrogen (secondary N) is 1. The highest BCUT2D eigenvalue weighted by molar-refractivity contribution is 6.01. The van der Waals surface area contributed by atoms with Gasteiger partial charge in [-0.15, -0.1) is 0 Å². The number of carbonyl (C=O) groups excluding carboxylic acids is 1. The summed E-state index contributed by atoms with van der Waals surface area (Å²) in [5.74, 6) is -0.505. The van der Waals surface area contributed by atoms with Gasteiger partial charge in [0, 0.05) is 24.7 Å². The van der Waals surface area contributed by atoms with Crippen LogP contribution in [0.5, 0.6) is 0 Å². The van der Waals surface area contributed by atoms with E-state index < -0.39 is 24.6 Å². The fourth-order valence-corrected chi connectivity index (χ4v) is 3.95. The number of imidazole rings is 1. The molecule has 0 spiro atoms. The van der Waals surface area contributed by atoms with Crippen molar-refractivity contribution in [3.05, 3.63) is 24.3 Å². The SMILES string of the molecule is C[C@@H](O)c1nc2cnc3[nH]ccc3c2n1[C@@H]1CCCN(C(=O)CC(F)(F)F)C1. The summed E-state index contributed by atoms with van der Waals surface area (Å²) >= 11 is 0. The van der Waals surface area contributed by atoms with Crippen molar-refractivity contribution in [1.29, 1.82) is 0 Å². The molecule has 0 saturated carbocycles. The van der Waals surface area contributed by atoms with E-state index in [-0.39, 0.29) is 12.6 Å². The van der Waals surface area contributed by atoms with Crippen molar-refractivity contribution >= 4 is 28.0 Å². The predicted molar refractivity (Wildman–Crippen MR) is 95.5 cm³/mol. The second-order valence-corrected chi connectivity index (χ2v) is 7.18. The normalized spacial score (nSPS) is 19.5. The van der Waals surface area contributed by atoms with E-state index in [0.29, 0.717) is 36.4 Å². The summed E-state index contributed by atoms with van der Waals surface area (Å²) in [6.07, 6.45) is -2.26. The minimum Gasteiger partial charge on any atom is -0.385 e. The van der Waals surface area contributed by atoms with E-state index in [2.05, 4.69) is 15.0 Å². The van der Waals surface area contributed by atoms with E-state index in [1.807, 2.05) is 10.6 Å². The molecular formula is C18H20F3N5O2. The average molecular weight is 395 g/mol. The molecule has 2 atom stereocenters. The summed E-state index contributed by atoms with van der Waals surface area (Å²) in [5, 5.41) is 11.1. The molecule has 1 saturated heterocycles. The molecule has 3 aromatic heterocycles. The standard InChI is InChI=1S/C18H20F3N5O2/c1-10(27)17-24-13-8-23-16-12(4-5-22-16)15(13)26(17)11-3-2-6-25(9-11)14(28)7-18(19,20)21/h4-5,8,10-11,27H,2-3,6-7,9H2,1H3,(H,22,23)/t10-,11-/m1/s1. The van der Waals surface area contributed by atoms with Gasteiger partial charge in [-0.25, -0.2) is 9.97 Å². The van der Waals surface area contributed by atoms with Crippen LogP contribution in [-0.4, -0.2) is 54.7 Å². The fraction of sp³-hybridized carbons (Fsp3) is 0.500. The van der Waals surface area contributed by atoms with E-state index in [9.17, 15) is 23.1 Å². The molecule has 3 aromatic rings. The summed E-state index contributed by atoms with van der Waals surface area (Å²) in [7, 11) is 0. The number of H-pyrrole nitrogens is 1. The molecule has 1 aliphatic rings. The first-order valence-corrected chi connectivity index (χ1v) is 9.11. The number of likely N-dealkylation sites (tertiary alicyclic amines) is 1. The summed E-state index contributed by atoms with van der Waals surface area (Å²) in [6.45, 7) is 2.03. The Morgan fingerprint density at radius 1 is 1.46 bits per heavy atom. The Bertz CT molecular complexity index is 1020. The van der Waals surface area contributed by atoms with Gasteiger partial charge < -0.3 is 19.6 Å². The lowest BCUT2D eigenvalue weighted by molar-refractivity contribution is -0.162. The van der Waals surface area contributed by atoms with Crippen molar-refractivity contribution in [2.75, 3.05) is 13.1 Å². The van der Waals surface area contributed by atoms with Crippen molar-refractivity contribution in [1.82, 2.24) is 24.4 Å². The molecule has 4 rings (SSSR count). The van der Waals surface area contributed by atoms with Gasteiger partial charge in [0.2, 0.25) is 5.91 Å².